The first-order valence-electron chi connectivity index (χ1n) is 11.5. The summed E-state index contributed by atoms with van der Waals surface area (Å²) in [4.78, 5) is 29.1. The van der Waals surface area contributed by atoms with Crippen molar-refractivity contribution in [1.82, 2.24) is 19.9 Å². The van der Waals surface area contributed by atoms with Crippen LogP contribution in [0, 0.1) is 0 Å². The highest BCUT2D eigenvalue weighted by Gasteiger charge is 2.30. The first-order valence-corrected chi connectivity index (χ1v) is 11.5. The Kier molecular flexibility index (Phi) is 7.71. The molecule has 2 N–H and O–H groups in total. The average molecular weight is 502 g/mol. The molecule has 2 aromatic carbocycles. The molecule has 0 unspecified atom stereocenters. The van der Waals surface area contributed by atoms with Gasteiger partial charge in [-0.25, -0.2) is 0 Å². The first kappa shape index (κ1) is 25.0. The molecule has 0 aliphatic carbocycles. The number of amides is 1. The zero-order valence-corrected chi connectivity index (χ0v) is 19.6. The predicted octanol–water partition coefficient (Wildman–Crippen LogP) is 3.79. The van der Waals surface area contributed by atoms with Crippen LogP contribution >= 0.6 is 0 Å². The van der Waals surface area contributed by atoms with Gasteiger partial charge in [-0.3, -0.25) is 4.79 Å². The number of alkyl halides is 3. The molecular weight excluding hydrogens is 475 g/mol. The third-order valence-corrected chi connectivity index (χ3v) is 5.46. The topological polar surface area (TPSA) is 95.5 Å². The predicted molar refractivity (Wildman–Crippen MR) is 129 cm³/mol. The van der Waals surface area contributed by atoms with Gasteiger partial charge in [-0.2, -0.15) is 28.1 Å². The number of carbonyl (C=O) groups is 1. The summed E-state index contributed by atoms with van der Waals surface area (Å²) in [6.07, 6.45) is -4.47. The minimum absolute atomic E-state index is 0.0175. The van der Waals surface area contributed by atoms with Crippen molar-refractivity contribution in [2.45, 2.75) is 13.1 Å². The summed E-state index contributed by atoms with van der Waals surface area (Å²) in [5.74, 6) is 0.363. The van der Waals surface area contributed by atoms with Crippen molar-refractivity contribution in [1.29, 1.82) is 0 Å². The number of nitrogens with one attached hydrogen (secondary N) is 2. The second-order valence-corrected chi connectivity index (χ2v) is 7.97. The van der Waals surface area contributed by atoms with Gasteiger partial charge in [0.2, 0.25) is 17.8 Å². The fourth-order valence-electron chi connectivity index (χ4n) is 3.64. The molecule has 0 saturated carbocycles. The summed E-state index contributed by atoms with van der Waals surface area (Å²) in [7, 11) is 0. The van der Waals surface area contributed by atoms with Crippen molar-refractivity contribution >= 4 is 29.2 Å². The molecule has 1 aliphatic heterocycles. The summed E-state index contributed by atoms with van der Waals surface area (Å²) in [6.45, 7) is 4.18. The lowest BCUT2D eigenvalue weighted by molar-refractivity contribution is -0.137. The Morgan fingerprint density at radius 1 is 0.972 bits per heavy atom. The summed E-state index contributed by atoms with van der Waals surface area (Å²) in [5, 5.41) is 5.93. The minimum Gasteiger partial charge on any atom is -0.464 e. The number of rotatable bonds is 8. The highest BCUT2D eigenvalue weighted by atomic mass is 19.4. The smallest absolute Gasteiger partial charge is 0.416 e. The Hall–Kier alpha value is -4.09. The molecule has 0 spiro atoms. The van der Waals surface area contributed by atoms with Gasteiger partial charge in [0.1, 0.15) is 0 Å². The second-order valence-electron chi connectivity index (χ2n) is 7.97. The van der Waals surface area contributed by atoms with Crippen molar-refractivity contribution in [3.63, 3.8) is 0 Å². The number of anilines is 4. The molecule has 12 heteroatoms. The zero-order chi connectivity index (χ0) is 25.5. The van der Waals surface area contributed by atoms with Crippen LogP contribution in [0.15, 0.2) is 54.6 Å². The number of hydrogen-bond donors (Lipinski definition) is 2. The third-order valence-electron chi connectivity index (χ3n) is 5.46. The van der Waals surface area contributed by atoms with E-state index in [2.05, 4.69) is 25.6 Å². The molecular formula is C24H26F3N7O2. The third kappa shape index (κ3) is 6.52. The summed E-state index contributed by atoms with van der Waals surface area (Å²) in [6, 6.07) is 14.3. The maximum atomic E-state index is 13.1. The Morgan fingerprint density at radius 3 is 2.39 bits per heavy atom. The SMILES string of the molecule is CCOc1nc(Nc2cccc(C(F)(F)F)c2)nc(N2CCN(C(=O)CNc3ccccc3)CC2)n1. The lowest BCUT2D eigenvalue weighted by Gasteiger charge is -2.34. The Morgan fingerprint density at radius 2 is 1.69 bits per heavy atom. The Labute approximate surface area is 206 Å². The van der Waals surface area contributed by atoms with Crippen LogP contribution in [0.1, 0.15) is 12.5 Å². The van der Waals surface area contributed by atoms with Gasteiger partial charge in [0.25, 0.3) is 0 Å². The molecule has 1 fully saturated rings. The Bertz CT molecular complexity index is 1170. The number of piperazine rings is 1. The normalized spacial score (nSPS) is 13.9. The van der Waals surface area contributed by atoms with E-state index in [1.165, 1.54) is 12.1 Å². The fraction of sp³-hybridized carbons (Fsp3) is 0.333. The van der Waals surface area contributed by atoms with E-state index in [-0.39, 0.29) is 30.1 Å². The second kappa shape index (κ2) is 11.1. The molecule has 1 aliphatic rings. The summed E-state index contributed by atoms with van der Waals surface area (Å²) in [5.41, 5.74) is 0.277. The van der Waals surface area contributed by atoms with E-state index in [0.29, 0.717) is 38.7 Å². The van der Waals surface area contributed by atoms with Crippen molar-refractivity contribution in [2.75, 3.05) is 54.9 Å². The number of carbonyl (C=O) groups excluding carboxylic acids is 1. The summed E-state index contributed by atoms with van der Waals surface area (Å²) >= 11 is 0. The van der Waals surface area contributed by atoms with Gasteiger partial charge in [-0.15, -0.1) is 0 Å². The fourth-order valence-corrected chi connectivity index (χ4v) is 3.64. The monoisotopic (exact) mass is 501 g/mol. The maximum absolute atomic E-state index is 13.1. The maximum Gasteiger partial charge on any atom is 0.416 e. The number of nitrogens with zero attached hydrogens (tertiary/aromatic N) is 5. The van der Waals surface area contributed by atoms with E-state index >= 15 is 0 Å². The van der Waals surface area contributed by atoms with Crippen LogP contribution < -0.4 is 20.3 Å². The van der Waals surface area contributed by atoms with Crippen LogP contribution in [0.3, 0.4) is 0 Å². The van der Waals surface area contributed by atoms with Gasteiger partial charge >= 0.3 is 12.2 Å². The lowest BCUT2D eigenvalue weighted by atomic mass is 10.2. The largest absolute Gasteiger partial charge is 0.464 e. The average Bonchev–Trinajstić information content (AvgIpc) is 2.88. The molecule has 1 amide bonds. The van der Waals surface area contributed by atoms with E-state index < -0.39 is 11.7 Å². The zero-order valence-electron chi connectivity index (χ0n) is 19.6. The van der Waals surface area contributed by atoms with Crippen LogP contribution in [-0.4, -0.2) is 65.1 Å². The van der Waals surface area contributed by atoms with E-state index in [0.717, 1.165) is 17.8 Å². The number of para-hydroxylation sites is 1. The van der Waals surface area contributed by atoms with E-state index in [1.807, 2.05) is 35.2 Å². The highest BCUT2D eigenvalue weighted by Crippen LogP contribution is 2.31. The van der Waals surface area contributed by atoms with Gasteiger partial charge in [-0.1, -0.05) is 24.3 Å². The van der Waals surface area contributed by atoms with Gasteiger partial charge in [-0.05, 0) is 37.3 Å². The quantitative estimate of drug-likeness (QED) is 0.482. The lowest BCUT2D eigenvalue weighted by Crippen LogP contribution is -2.50. The molecule has 1 aromatic heterocycles. The highest BCUT2D eigenvalue weighted by molar-refractivity contribution is 5.81. The standard InChI is InChI=1S/C24H26F3N7O2/c1-2-36-23-31-21(29-19-10-6-7-17(15-19)24(25,26)27)30-22(32-23)34-13-11-33(12-14-34)20(35)16-28-18-8-4-3-5-9-18/h3-10,15,28H,2,11-14,16H2,1H3,(H,29,30,31,32). The van der Waals surface area contributed by atoms with Crippen molar-refractivity contribution in [3.05, 3.63) is 60.2 Å². The molecule has 3 aromatic rings. The van der Waals surface area contributed by atoms with E-state index in [9.17, 15) is 18.0 Å². The van der Waals surface area contributed by atoms with Gasteiger partial charge in [0.05, 0.1) is 18.7 Å². The van der Waals surface area contributed by atoms with E-state index in [1.54, 1.807) is 11.8 Å². The first-order chi connectivity index (χ1) is 17.3. The number of benzene rings is 2. The van der Waals surface area contributed by atoms with Crippen molar-refractivity contribution < 1.29 is 22.7 Å². The minimum atomic E-state index is -4.47. The molecule has 36 heavy (non-hydrogen) atoms. The van der Waals surface area contributed by atoms with Crippen molar-refractivity contribution in [3.8, 4) is 6.01 Å². The van der Waals surface area contributed by atoms with Crippen LogP contribution in [0.2, 0.25) is 0 Å². The molecule has 1 saturated heterocycles. The molecule has 0 atom stereocenters. The molecule has 190 valence electrons. The number of aromatic nitrogens is 3. The van der Waals surface area contributed by atoms with Gasteiger partial charge < -0.3 is 25.2 Å². The Balaban J connectivity index is 1.42. The van der Waals surface area contributed by atoms with Crippen LogP contribution in [0.4, 0.5) is 36.4 Å². The van der Waals surface area contributed by atoms with Crippen molar-refractivity contribution in [2.24, 2.45) is 0 Å². The molecule has 9 nitrogen and oxygen atoms in total. The number of ether oxygens (including phenoxy) is 1. The van der Waals surface area contributed by atoms with Gasteiger partial charge in [0.15, 0.2) is 0 Å². The van der Waals surface area contributed by atoms with E-state index in [4.69, 9.17) is 4.74 Å². The molecule has 0 radical (unpaired) electrons. The molecule has 4 rings (SSSR count). The molecule has 0 bridgehead atoms. The van der Waals surface area contributed by atoms with Gasteiger partial charge in [0, 0.05) is 37.6 Å². The van der Waals surface area contributed by atoms with Crippen LogP contribution in [-0.2, 0) is 11.0 Å². The summed E-state index contributed by atoms with van der Waals surface area (Å²) < 4.78 is 44.7. The number of halogens is 3. The van der Waals surface area contributed by atoms with Crippen LogP contribution in [0.25, 0.3) is 0 Å². The van der Waals surface area contributed by atoms with Crippen LogP contribution in [0.5, 0.6) is 6.01 Å². The number of hydrogen-bond acceptors (Lipinski definition) is 8. The molecule has 2 heterocycles.